The van der Waals surface area contributed by atoms with E-state index in [9.17, 15) is 49.1 Å². The summed E-state index contributed by atoms with van der Waals surface area (Å²) in [6, 6.07) is 9.00. The first-order valence-electron chi connectivity index (χ1n) is 12.9. The maximum absolute atomic E-state index is 13.7. The maximum atomic E-state index is 13.7. The van der Waals surface area contributed by atoms with Crippen molar-refractivity contribution in [3.8, 4) is 5.75 Å². The molecule has 236 valence electrons. The largest absolute Gasteiger partial charge is 0.435 e. The zero-order valence-electron chi connectivity index (χ0n) is 23.0. The van der Waals surface area contributed by atoms with Crippen LogP contribution in [0.1, 0.15) is 33.0 Å². The number of anilines is 1. The molecule has 1 heterocycles. The van der Waals surface area contributed by atoms with Gasteiger partial charge >= 0.3 is 25.0 Å². The van der Waals surface area contributed by atoms with E-state index in [4.69, 9.17) is 0 Å². The van der Waals surface area contributed by atoms with E-state index in [1.807, 2.05) is 0 Å². The minimum Gasteiger partial charge on any atom is -0.435 e. The van der Waals surface area contributed by atoms with Crippen LogP contribution in [-0.4, -0.2) is 61.6 Å². The van der Waals surface area contributed by atoms with Gasteiger partial charge in [0.15, 0.2) is 0 Å². The molecular weight excluding hydrogens is 609 g/mol. The van der Waals surface area contributed by atoms with Crippen molar-refractivity contribution in [2.75, 3.05) is 32.1 Å². The smallest absolute Gasteiger partial charge is 0.416 e. The van der Waals surface area contributed by atoms with Crippen molar-refractivity contribution in [3.05, 3.63) is 94.8 Å². The number of hydrogen-bond donors (Lipinski definition) is 0. The van der Waals surface area contributed by atoms with E-state index in [1.54, 1.807) is 0 Å². The molecule has 0 radical (unpaired) electrons. The van der Waals surface area contributed by atoms with Crippen LogP contribution in [-0.2, 0) is 12.4 Å². The summed E-state index contributed by atoms with van der Waals surface area (Å²) < 4.78 is 123. The molecule has 3 aromatic rings. The van der Waals surface area contributed by atoms with Gasteiger partial charge in [-0.3, -0.25) is 9.69 Å². The zero-order chi connectivity index (χ0) is 32.6. The second-order valence-electron chi connectivity index (χ2n) is 10.1. The molecule has 4 rings (SSSR count). The van der Waals surface area contributed by atoms with Crippen molar-refractivity contribution in [1.29, 1.82) is 0 Å². The molecule has 44 heavy (non-hydrogen) atoms. The van der Waals surface area contributed by atoms with Crippen molar-refractivity contribution >= 4 is 17.6 Å². The van der Waals surface area contributed by atoms with E-state index in [2.05, 4.69) is 4.74 Å². The average Bonchev–Trinajstić information content (AvgIpc) is 3.40. The molecule has 3 aromatic carbocycles. The van der Waals surface area contributed by atoms with Gasteiger partial charge in [-0.25, -0.2) is 9.18 Å². The molecule has 6 nitrogen and oxygen atoms in total. The third kappa shape index (κ3) is 7.19. The monoisotopic (exact) mass is 633 g/mol. The highest BCUT2D eigenvalue weighted by atomic mass is 19.4. The molecule has 2 atom stereocenters. The van der Waals surface area contributed by atoms with Gasteiger partial charge in [-0.1, -0.05) is 12.1 Å². The van der Waals surface area contributed by atoms with Crippen LogP contribution in [0.2, 0.25) is 0 Å². The molecule has 1 fully saturated rings. The minimum absolute atomic E-state index is 0.00642. The van der Waals surface area contributed by atoms with Crippen LogP contribution >= 0.6 is 0 Å². The number of benzene rings is 3. The number of likely N-dealkylation sites (tertiary alicyclic amines) is 1. The topological polar surface area (TPSA) is 53.1 Å². The van der Waals surface area contributed by atoms with E-state index in [0.717, 1.165) is 24.1 Å². The van der Waals surface area contributed by atoms with Crippen LogP contribution in [0.5, 0.6) is 5.75 Å². The Morgan fingerprint density at radius 2 is 1.39 bits per heavy atom. The molecular formula is C29H24F9N3O3. The number of carbonyl (C=O) groups is 2. The van der Waals surface area contributed by atoms with Gasteiger partial charge in [0.25, 0.3) is 5.91 Å². The molecule has 15 heteroatoms. The van der Waals surface area contributed by atoms with Gasteiger partial charge in [0.05, 0.1) is 17.2 Å². The van der Waals surface area contributed by atoms with E-state index >= 15 is 0 Å². The number of amides is 3. The third-order valence-corrected chi connectivity index (χ3v) is 7.25. The Kier molecular flexibility index (Phi) is 9.07. The van der Waals surface area contributed by atoms with E-state index in [1.165, 1.54) is 48.3 Å². The maximum Gasteiger partial charge on any atom is 0.416 e. The fourth-order valence-electron chi connectivity index (χ4n) is 4.97. The summed E-state index contributed by atoms with van der Waals surface area (Å²) in [5.41, 5.74) is -3.26. The van der Waals surface area contributed by atoms with Gasteiger partial charge < -0.3 is 14.5 Å². The molecule has 0 N–H and O–H groups in total. The first kappa shape index (κ1) is 32.5. The van der Waals surface area contributed by atoms with Crippen LogP contribution in [0, 0.1) is 5.82 Å². The SMILES string of the molecule is CN(C(=O)N(C)C1CN(C(=O)c2ccc(OC(F)F)cc2)CC1c1ccc(F)cc1)c1cc(C(F)(F)F)cc(C(F)(F)F)c1. The number of likely N-dealkylation sites (N-methyl/N-ethyl adjacent to an activating group) is 1. The van der Waals surface area contributed by atoms with E-state index in [-0.39, 0.29) is 30.5 Å². The lowest BCUT2D eigenvalue weighted by Gasteiger charge is -2.33. The number of nitrogens with zero attached hydrogens (tertiary/aromatic N) is 3. The summed E-state index contributed by atoms with van der Waals surface area (Å²) in [4.78, 5) is 29.9. The number of hydrogen-bond acceptors (Lipinski definition) is 3. The average molecular weight is 634 g/mol. The molecule has 2 unspecified atom stereocenters. The Morgan fingerprint density at radius 1 is 0.841 bits per heavy atom. The predicted octanol–water partition coefficient (Wildman–Crippen LogP) is 7.26. The van der Waals surface area contributed by atoms with Crippen LogP contribution in [0.15, 0.2) is 66.7 Å². The Bertz CT molecular complexity index is 1460. The number of rotatable bonds is 6. The van der Waals surface area contributed by atoms with Crippen molar-refractivity contribution in [2.45, 2.75) is 30.9 Å². The zero-order valence-corrected chi connectivity index (χ0v) is 23.0. The lowest BCUT2D eigenvalue weighted by molar-refractivity contribution is -0.143. The number of carbonyl (C=O) groups excluding carboxylic acids is 2. The van der Waals surface area contributed by atoms with Gasteiger partial charge in [-0.2, -0.15) is 35.1 Å². The van der Waals surface area contributed by atoms with Crippen molar-refractivity contribution < 1.29 is 53.8 Å². The summed E-state index contributed by atoms with van der Waals surface area (Å²) in [6.07, 6.45) is -10.3. The Hall–Kier alpha value is -4.43. The van der Waals surface area contributed by atoms with Crippen LogP contribution in [0.3, 0.4) is 0 Å². The molecule has 1 saturated heterocycles. The van der Waals surface area contributed by atoms with Gasteiger partial charge in [0.1, 0.15) is 11.6 Å². The standard InChI is InChI=1S/C29H24F9N3O3/c1-39(21-12-18(28(33,34)35)11-19(13-21)29(36,37)38)27(43)40(2)24-15-41(14-23(24)16-3-7-20(30)8-4-16)25(42)17-5-9-22(10-6-17)44-26(31)32/h3-13,23-24,26H,14-15H2,1-2H3. The van der Waals surface area contributed by atoms with Crippen LogP contribution < -0.4 is 9.64 Å². The molecule has 0 aliphatic carbocycles. The number of ether oxygens (including phenoxy) is 1. The quantitative estimate of drug-likeness (QED) is 0.269. The fraction of sp³-hybridized carbons (Fsp3) is 0.310. The lowest BCUT2D eigenvalue weighted by Crippen LogP contribution is -2.47. The second kappa shape index (κ2) is 12.3. The van der Waals surface area contributed by atoms with Gasteiger partial charge in [-0.15, -0.1) is 0 Å². The molecule has 3 amide bonds. The molecule has 0 saturated carbocycles. The first-order chi connectivity index (χ1) is 20.5. The molecule has 1 aliphatic rings. The fourth-order valence-corrected chi connectivity index (χ4v) is 4.97. The highest BCUT2D eigenvalue weighted by Crippen LogP contribution is 2.39. The predicted molar refractivity (Wildman–Crippen MR) is 140 cm³/mol. The summed E-state index contributed by atoms with van der Waals surface area (Å²) in [5, 5.41) is 0. The summed E-state index contributed by atoms with van der Waals surface area (Å²) in [6.45, 7) is -3.20. The summed E-state index contributed by atoms with van der Waals surface area (Å²) in [7, 11) is 2.30. The second-order valence-corrected chi connectivity index (χ2v) is 10.1. The molecule has 1 aliphatic heterocycles. The van der Waals surface area contributed by atoms with Gasteiger partial charge in [0.2, 0.25) is 0 Å². The Morgan fingerprint density at radius 3 is 1.89 bits per heavy atom. The van der Waals surface area contributed by atoms with Gasteiger partial charge in [-0.05, 0) is 60.2 Å². The van der Waals surface area contributed by atoms with E-state index < -0.39 is 65.5 Å². The Labute approximate surface area is 245 Å². The van der Waals surface area contributed by atoms with Crippen molar-refractivity contribution in [2.24, 2.45) is 0 Å². The van der Waals surface area contributed by atoms with Crippen molar-refractivity contribution in [1.82, 2.24) is 9.80 Å². The van der Waals surface area contributed by atoms with Crippen molar-refractivity contribution in [3.63, 3.8) is 0 Å². The minimum atomic E-state index is -5.13. The first-order valence-corrected chi connectivity index (χ1v) is 12.9. The third-order valence-electron chi connectivity index (χ3n) is 7.25. The highest BCUT2D eigenvalue weighted by Gasteiger charge is 2.42. The highest BCUT2D eigenvalue weighted by molar-refractivity contribution is 5.95. The lowest BCUT2D eigenvalue weighted by atomic mass is 9.93. The molecule has 0 spiro atoms. The molecule has 0 bridgehead atoms. The molecule has 0 aromatic heterocycles. The number of alkyl halides is 8. The van der Waals surface area contributed by atoms with Crippen LogP contribution in [0.25, 0.3) is 0 Å². The number of halogens is 9. The van der Waals surface area contributed by atoms with Gasteiger partial charge in [0, 0.05) is 44.4 Å². The van der Waals surface area contributed by atoms with E-state index in [0.29, 0.717) is 22.6 Å². The normalized spacial score (nSPS) is 17.1. The summed E-state index contributed by atoms with van der Waals surface area (Å²) in [5.74, 6) is -1.94. The van der Waals surface area contributed by atoms with Crippen LogP contribution in [0.4, 0.5) is 50.0 Å². The summed E-state index contributed by atoms with van der Waals surface area (Å²) >= 11 is 0. The number of urea groups is 1. The Balaban J connectivity index is 1.64.